The van der Waals surface area contributed by atoms with E-state index in [2.05, 4.69) is 4.98 Å². The van der Waals surface area contributed by atoms with Gasteiger partial charge in [0.2, 0.25) is 5.88 Å². The second kappa shape index (κ2) is 6.17. The van der Waals surface area contributed by atoms with Gasteiger partial charge in [0.25, 0.3) is 9.05 Å². The number of ether oxygens (including phenoxy) is 1. The predicted molar refractivity (Wildman–Crippen MR) is 91.3 cm³/mol. The normalized spacial score (nSPS) is 11.6. The fourth-order valence-corrected chi connectivity index (χ4v) is 3.61. The van der Waals surface area contributed by atoms with Crippen molar-refractivity contribution in [2.24, 2.45) is 0 Å². The molecule has 4 nitrogen and oxygen atoms in total. The van der Waals surface area contributed by atoms with Gasteiger partial charge in [0.05, 0.1) is 9.92 Å². The highest BCUT2D eigenvalue weighted by Gasteiger charge is 2.14. The van der Waals surface area contributed by atoms with Crippen LogP contribution in [0, 0.1) is 0 Å². The zero-order chi connectivity index (χ0) is 16.6. The van der Waals surface area contributed by atoms with E-state index in [1.807, 2.05) is 0 Å². The van der Waals surface area contributed by atoms with Crippen molar-refractivity contribution in [1.82, 2.24) is 4.98 Å². The molecular formula is C15H8Cl3NO3S. The van der Waals surface area contributed by atoms with Gasteiger partial charge < -0.3 is 4.74 Å². The molecule has 0 bridgehead atoms. The van der Waals surface area contributed by atoms with Gasteiger partial charge in [-0.3, -0.25) is 0 Å². The van der Waals surface area contributed by atoms with Crippen LogP contribution in [0.4, 0.5) is 0 Å². The topological polar surface area (TPSA) is 56.3 Å². The van der Waals surface area contributed by atoms with E-state index >= 15 is 0 Å². The Bertz CT molecular complexity index is 1010. The number of pyridine rings is 1. The first-order valence-corrected chi connectivity index (χ1v) is 9.37. The van der Waals surface area contributed by atoms with Crippen molar-refractivity contribution < 1.29 is 13.2 Å². The van der Waals surface area contributed by atoms with E-state index in [1.165, 1.54) is 18.3 Å². The van der Waals surface area contributed by atoms with Crippen molar-refractivity contribution in [1.29, 1.82) is 0 Å². The predicted octanol–water partition coefficient (Wildman–Crippen LogP) is 5.26. The average Bonchev–Trinajstić information content (AvgIpc) is 2.48. The molecule has 0 spiro atoms. The van der Waals surface area contributed by atoms with E-state index in [0.29, 0.717) is 21.5 Å². The summed E-state index contributed by atoms with van der Waals surface area (Å²) in [6, 6.07) is 11.2. The number of rotatable bonds is 3. The maximum atomic E-state index is 11.6. The summed E-state index contributed by atoms with van der Waals surface area (Å²) < 4.78 is 28.8. The zero-order valence-corrected chi connectivity index (χ0v) is 14.4. The van der Waals surface area contributed by atoms with Crippen molar-refractivity contribution in [2.45, 2.75) is 4.90 Å². The minimum Gasteiger partial charge on any atom is -0.438 e. The zero-order valence-electron chi connectivity index (χ0n) is 11.3. The van der Waals surface area contributed by atoms with Crippen LogP contribution in [0.5, 0.6) is 11.6 Å². The third kappa shape index (κ3) is 3.53. The van der Waals surface area contributed by atoms with Crippen LogP contribution >= 0.6 is 33.9 Å². The maximum absolute atomic E-state index is 11.6. The molecule has 23 heavy (non-hydrogen) atoms. The molecule has 0 saturated carbocycles. The Morgan fingerprint density at radius 3 is 2.52 bits per heavy atom. The lowest BCUT2D eigenvalue weighted by molar-refractivity contribution is 0.464. The third-order valence-electron chi connectivity index (χ3n) is 3.06. The van der Waals surface area contributed by atoms with Crippen molar-refractivity contribution in [3.63, 3.8) is 0 Å². The number of halogens is 3. The summed E-state index contributed by atoms with van der Waals surface area (Å²) >= 11 is 11.8. The van der Waals surface area contributed by atoms with Gasteiger partial charge in [-0.25, -0.2) is 13.4 Å². The first-order chi connectivity index (χ1) is 10.8. The molecule has 0 N–H and O–H groups in total. The fraction of sp³-hybridized carbons (Fsp3) is 0. The van der Waals surface area contributed by atoms with Crippen molar-refractivity contribution in [2.75, 3.05) is 0 Å². The molecule has 0 aliphatic carbocycles. The monoisotopic (exact) mass is 387 g/mol. The summed E-state index contributed by atoms with van der Waals surface area (Å²) in [5.74, 6) is 0.662. The van der Waals surface area contributed by atoms with E-state index in [0.717, 1.165) is 0 Å². The summed E-state index contributed by atoms with van der Waals surface area (Å²) in [5, 5.41) is 1.84. The summed E-state index contributed by atoms with van der Waals surface area (Å²) in [6.45, 7) is 0. The van der Waals surface area contributed by atoms with E-state index in [-0.39, 0.29) is 15.8 Å². The second-order valence-electron chi connectivity index (χ2n) is 4.62. The molecule has 0 unspecified atom stereocenters. The molecule has 3 rings (SSSR count). The second-order valence-corrected chi connectivity index (χ2v) is 8.00. The lowest BCUT2D eigenvalue weighted by Crippen LogP contribution is -1.93. The molecule has 1 heterocycles. The molecule has 8 heteroatoms. The molecule has 0 aliphatic heterocycles. The SMILES string of the molecule is O=S(=O)(Cl)c1cccc2cc(Oc3ncc(Cl)cc3Cl)ccc12. The van der Waals surface area contributed by atoms with Crippen LogP contribution in [0.15, 0.2) is 53.6 Å². The molecule has 0 radical (unpaired) electrons. The molecule has 0 aliphatic rings. The van der Waals surface area contributed by atoms with E-state index in [9.17, 15) is 8.42 Å². The number of fused-ring (bicyclic) bond motifs is 1. The highest BCUT2D eigenvalue weighted by atomic mass is 35.7. The van der Waals surface area contributed by atoms with Gasteiger partial charge in [0.1, 0.15) is 10.8 Å². The van der Waals surface area contributed by atoms with Gasteiger partial charge in [-0.1, -0.05) is 35.3 Å². The molecule has 118 valence electrons. The number of hydrogen-bond acceptors (Lipinski definition) is 4. The Morgan fingerprint density at radius 1 is 1.04 bits per heavy atom. The Hall–Kier alpha value is -1.53. The van der Waals surface area contributed by atoms with Gasteiger partial charge in [-0.15, -0.1) is 0 Å². The van der Waals surface area contributed by atoms with Crippen LogP contribution in [0.3, 0.4) is 0 Å². The Kier molecular flexibility index (Phi) is 4.38. The fourth-order valence-electron chi connectivity index (χ4n) is 2.10. The van der Waals surface area contributed by atoms with Gasteiger partial charge in [-0.05, 0) is 35.7 Å². The van der Waals surface area contributed by atoms with Crippen molar-refractivity contribution in [3.8, 4) is 11.6 Å². The molecule has 2 aromatic carbocycles. The Labute approximate surface area is 147 Å². The highest BCUT2D eigenvalue weighted by Crippen LogP contribution is 2.32. The largest absolute Gasteiger partial charge is 0.438 e. The Balaban J connectivity index is 2.04. The number of aromatic nitrogens is 1. The van der Waals surface area contributed by atoms with E-state index < -0.39 is 9.05 Å². The Morgan fingerprint density at radius 2 is 1.83 bits per heavy atom. The first-order valence-electron chi connectivity index (χ1n) is 6.31. The van der Waals surface area contributed by atoms with Gasteiger partial charge >= 0.3 is 0 Å². The molecule has 0 atom stereocenters. The standard InChI is InChI=1S/C15H8Cl3NO3S/c16-10-7-13(17)15(19-8-10)22-11-4-5-12-9(6-11)2-1-3-14(12)23(18,20)21/h1-8H. The van der Waals surface area contributed by atoms with Crippen molar-refractivity contribution in [3.05, 3.63) is 58.7 Å². The lowest BCUT2D eigenvalue weighted by Gasteiger charge is -2.09. The van der Waals surface area contributed by atoms with Crippen LogP contribution in [-0.2, 0) is 9.05 Å². The van der Waals surface area contributed by atoms with Crippen LogP contribution in [0.25, 0.3) is 10.8 Å². The number of benzene rings is 2. The first kappa shape index (κ1) is 16.3. The molecule has 0 saturated heterocycles. The van der Waals surface area contributed by atoms with E-state index in [4.69, 9.17) is 38.6 Å². The summed E-state index contributed by atoms with van der Waals surface area (Å²) in [7, 11) is 1.61. The van der Waals surface area contributed by atoms with Crippen molar-refractivity contribution >= 4 is 53.7 Å². The molecule has 1 aromatic heterocycles. The minimum absolute atomic E-state index is 0.0471. The maximum Gasteiger partial charge on any atom is 0.261 e. The van der Waals surface area contributed by atoms with Crippen LogP contribution in [-0.4, -0.2) is 13.4 Å². The smallest absolute Gasteiger partial charge is 0.261 e. The minimum atomic E-state index is -3.83. The van der Waals surface area contributed by atoms with Gasteiger partial charge in [0, 0.05) is 22.3 Å². The summed E-state index contributed by atoms with van der Waals surface area (Å²) in [5.41, 5.74) is 0. The van der Waals surface area contributed by atoms with Gasteiger partial charge in [0.15, 0.2) is 0 Å². The molecule has 0 amide bonds. The quantitative estimate of drug-likeness (QED) is 0.574. The number of nitrogens with zero attached hydrogens (tertiary/aromatic N) is 1. The third-order valence-corrected chi connectivity index (χ3v) is 4.92. The lowest BCUT2D eigenvalue weighted by atomic mass is 10.1. The summed E-state index contributed by atoms with van der Waals surface area (Å²) in [4.78, 5) is 4.05. The van der Waals surface area contributed by atoms with Crippen LogP contribution < -0.4 is 4.74 Å². The van der Waals surface area contributed by atoms with Crippen LogP contribution in [0.1, 0.15) is 0 Å². The highest BCUT2D eigenvalue weighted by molar-refractivity contribution is 8.14. The van der Waals surface area contributed by atoms with Gasteiger partial charge in [-0.2, -0.15) is 0 Å². The van der Waals surface area contributed by atoms with E-state index in [1.54, 1.807) is 30.3 Å². The average molecular weight is 389 g/mol. The van der Waals surface area contributed by atoms with Crippen LogP contribution in [0.2, 0.25) is 10.0 Å². The molecule has 0 fully saturated rings. The molecular weight excluding hydrogens is 381 g/mol. The summed E-state index contributed by atoms with van der Waals surface area (Å²) in [6.07, 6.45) is 1.42. The number of hydrogen-bond donors (Lipinski definition) is 0. The molecule has 3 aromatic rings.